The maximum Gasteiger partial charge on any atom is 0.255 e. The highest BCUT2D eigenvalue weighted by Gasteiger charge is 2.37. The van der Waals surface area contributed by atoms with E-state index in [0.29, 0.717) is 35.8 Å². The molecule has 0 saturated carbocycles. The molecule has 0 radical (unpaired) electrons. The van der Waals surface area contributed by atoms with Crippen LogP contribution in [0.3, 0.4) is 0 Å². The number of carbonyl (C=O) groups excluding carboxylic acids is 1. The van der Waals surface area contributed by atoms with Crippen LogP contribution in [0.1, 0.15) is 29.0 Å². The van der Waals surface area contributed by atoms with Crippen LogP contribution in [0, 0.1) is 0 Å². The van der Waals surface area contributed by atoms with Crippen molar-refractivity contribution in [2.24, 2.45) is 7.05 Å². The van der Waals surface area contributed by atoms with Crippen molar-refractivity contribution in [2.75, 3.05) is 13.1 Å². The molecule has 8 heteroatoms. The van der Waals surface area contributed by atoms with Gasteiger partial charge in [0.2, 0.25) is 0 Å². The van der Waals surface area contributed by atoms with E-state index in [-0.39, 0.29) is 12.5 Å². The van der Waals surface area contributed by atoms with Gasteiger partial charge in [0.15, 0.2) is 0 Å². The molecule has 2 aromatic rings. The highest BCUT2D eigenvalue weighted by molar-refractivity contribution is 6.33. The van der Waals surface area contributed by atoms with E-state index in [1.54, 1.807) is 21.9 Å². The number of nitrogens with zero attached hydrogens (tertiary/aromatic N) is 5. The summed E-state index contributed by atoms with van der Waals surface area (Å²) < 4.78 is 1.78. The maximum absolute atomic E-state index is 12.6. The SMILES string of the molecule is Cn1cnnc1CC1(O)CCCN(C(=O)c2ccncc2Cl)C1. The van der Waals surface area contributed by atoms with Crippen molar-refractivity contribution in [3.05, 3.63) is 41.2 Å². The Hall–Kier alpha value is -1.99. The van der Waals surface area contributed by atoms with Gasteiger partial charge in [-0.05, 0) is 18.9 Å². The zero-order valence-electron chi connectivity index (χ0n) is 12.8. The number of piperidine rings is 1. The van der Waals surface area contributed by atoms with Crippen LogP contribution in [-0.2, 0) is 13.5 Å². The van der Waals surface area contributed by atoms with Crippen molar-refractivity contribution in [1.82, 2.24) is 24.6 Å². The highest BCUT2D eigenvalue weighted by Crippen LogP contribution is 2.27. The normalized spacial score (nSPS) is 21.4. The van der Waals surface area contributed by atoms with E-state index >= 15 is 0 Å². The smallest absolute Gasteiger partial charge is 0.255 e. The van der Waals surface area contributed by atoms with E-state index < -0.39 is 5.60 Å². The van der Waals surface area contributed by atoms with Crippen molar-refractivity contribution in [3.8, 4) is 0 Å². The summed E-state index contributed by atoms with van der Waals surface area (Å²) in [5.41, 5.74) is -0.599. The zero-order chi connectivity index (χ0) is 16.4. The van der Waals surface area contributed by atoms with Gasteiger partial charge >= 0.3 is 0 Å². The number of aromatic nitrogens is 4. The lowest BCUT2D eigenvalue weighted by atomic mass is 9.89. The third kappa shape index (κ3) is 3.35. The van der Waals surface area contributed by atoms with E-state index in [9.17, 15) is 9.90 Å². The second kappa shape index (κ2) is 6.25. The number of amides is 1. The molecule has 0 aliphatic carbocycles. The summed E-state index contributed by atoms with van der Waals surface area (Å²) in [6.45, 7) is 0.843. The lowest BCUT2D eigenvalue weighted by Crippen LogP contribution is -2.51. The average molecular weight is 336 g/mol. The van der Waals surface area contributed by atoms with Crippen molar-refractivity contribution in [1.29, 1.82) is 0 Å². The minimum Gasteiger partial charge on any atom is -0.388 e. The number of carbonyl (C=O) groups is 1. The number of hydrogen-bond acceptors (Lipinski definition) is 5. The minimum absolute atomic E-state index is 0.187. The first-order chi connectivity index (χ1) is 11.0. The summed E-state index contributed by atoms with van der Waals surface area (Å²) in [7, 11) is 1.83. The van der Waals surface area contributed by atoms with Crippen LogP contribution < -0.4 is 0 Å². The lowest BCUT2D eigenvalue weighted by Gasteiger charge is -2.39. The molecule has 1 amide bonds. The first-order valence-electron chi connectivity index (χ1n) is 7.42. The molecule has 0 bridgehead atoms. The van der Waals surface area contributed by atoms with Gasteiger partial charge in [-0.25, -0.2) is 0 Å². The Bertz CT molecular complexity index is 719. The summed E-state index contributed by atoms with van der Waals surface area (Å²) in [6.07, 6.45) is 6.29. The third-order valence-corrected chi connectivity index (χ3v) is 4.44. The monoisotopic (exact) mass is 335 g/mol. The first-order valence-corrected chi connectivity index (χ1v) is 7.80. The molecule has 2 aromatic heterocycles. The summed E-state index contributed by atoms with van der Waals surface area (Å²) in [6, 6.07) is 1.60. The molecular formula is C15H18ClN5O2. The summed E-state index contributed by atoms with van der Waals surface area (Å²) in [4.78, 5) is 18.2. The molecule has 0 aromatic carbocycles. The summed E-state index contributed by atoms with van der Waals surface area (Å²) >= 11 is 6.05. The quantitative estimate of drug-likeness (QED) is 0.907. The van der Waals surface area contributed by atoms with E-state index in [1.807, 2.05) is 7.05 Å². The van der Waals surface area contributed by atoms with Crippen molar-refractivity contribution < 1.29 is 9.90 Å². The van der Waals surface area contributed by atoms with Gasteiger partial charge in [0.05, 0.1) is 22.7 Å². The van der Waals surface area contributed by atoms with E-state index in [1.165, 1.54) is 12.4 Å². The number of aliphatic hydroxyl groups is 1. The molecule has 0 spiro atoms. The predicted octanol–water partition coefficient (Wildman–Crippen LogP) is 1.07. The van der Waals surface area contributed by atoms with Crippen LogP contribution >= 0.6 is 11.6 Å². The molecule has 3 heterocycles. The Kier molecular flexibility index (Phi) is 4.32. The van der Waals surface area contributed by atoms with Crippen molar-refractivity contribution in [3.63, 3.8) is 0 Å². The van der Waals surface area contributed by atoms with Gasteiger partial charge in [-0.15, -0.1) is 10.2 Å². The number of pyridine rings is 1. The minimum atomic E-state index is -1.01. The van der Waals surface area contributed by atoms with Crippen LogP contribution in [0.4, 0.5) is 0 Å². The molecular weight excluding hydrogens is 318 g/mol. The first kappa shape index (κ1) is 15.9. The Morgan fingerprint density at radius 1 is 1.52 bits per heavy atom. The third-order valence-electron chi connectivity index (χ3n) is 4.14. The molecule has 122 valence electrons. The molecule has 7 nitrogen and oxygen atoms in total. The van der Waals surface area contributed by atoms with Crippen LogP contribution in [0.25, 0.3) is 0 Å². The summed E-state index contributed by atoms with van der Waals surface area (Å²) in [5.74, 6) is 0.511. The lowest BCUT2D eigenvalue weighted by molar-refractivity contribution is -0.0258. The molecule has 1 atom stereocenters. The number of aryl methyl sites for hydroxylation is 1. The maximum atomic E-state index is 12.6. The number of halogens is 1. The van der Waals surface area contributed by atoms with Gasteiger partial charge in [-0.3, -0.25) is 9.78 Å². The molecule has 3 rings (SSSR count). The highest BCUT2D eigenvalue weighted by atomic mass is 35.5. The number of likely N-dealkylation sites (tertiary alicyclic amines) is 1. The molecule has 23 heavy (non-hydrogen) atoms. The Morgan fingerprint density at radius 2 is 2.35 bits per heavy atom. The molecule has 1 unspecified atom stereocenters. The zero-order valence-corrected chi connectivity index (χ0v) is 13.6. The van der Waals surface area contributed by atoms with Crippen LogP contribution in [0.5, 0.6) is 0 Å². The van der Waals surface area contributed by atoms with E-state index in [0.717, 1.165) is 6.42 Å². The van der Waals surface area contributed by atoms with Crippen LogP contribution in [-0.4, -0.2) is 54.4 Å². The number of rotatable bonds is 3. The Morgan fingerprint density at radius 3 is 3.04 bits per heavy atom. The topological polar surface area (TPSA) is 84.1 Å². The van der Waals surface area contributed by atoms with Gasteiger partial charge in [0, 0.05) is 32.4 Å². The standard InChI is InChI=1S/C15H18ClN5O2/c1-20-10-18-19-13(20)7-15(23)4-2-6-21(9-15)14(22)11-3-5-17-8-12(11)16/h3,5,8,10,23H,2,4,6-7,9H2,1H3. The van der Waals surface area contributed by atoms with Crippen LogP contribution in [0.15, 0.2) is 24.8 Å². The van der Waals surface area contributed by atoms with Crippen molar-refractivity contribution in [2.45, 2.75) is 24.9 Å². The fourth-order valence-electron chi connectivity index (χ4n) is 2.91. The Balaban J connectivity index is 1.76. The number of hydrogen-bond donors (Lipinski definition) is 1. The van der Waals surface area contributed by atoms with Gasteiger partial charge < -0.3 is 14.6 Å². The Labute approximate surface area is 138 Å². The van der Waals surface area contributed by atoms with Gasteiger partial charge in [-0.1, -0.05) is 11.6 Å². The molecule has 1 N–H and O–H groups in total. The molecule has 1 aliphatic rings. The predicted molar refractivity (Wildman–Crippen MR) is 84.0 cm³/mol. The van der Waals surface area contributed by atoms with Gasteiger partial charge in [0.25, 0.3) is 5.91 Å². The van der Waals surface area contributed by atoms with Gasteiger partial charge in [-0.2, -0.15) is 0 Å². The average Bonchev–Trinajstić information content (AvgIpc) is 2.91. The second-order valence-electron chi connectivity index (χ2n) is 5.94. The molecule has 1 fully saturated rings. The van der Waals surface area contributed by atoms with Crippen LogP contribution in [0.2, 0.25) is 5.02 Å². The number of β-amino-alcohol motifs (C(OH)–C–C–N with tert-alkyl or cyclic N) is 1. The fourth-order valence-corrected chi connectivity index (χ4v) is 3.11. The molecule has 1 saturated heterocycles. The van der Waals surface area contributed by atoms with Crippen molar-refractivity contribution >= 4 is 17.5 Å². The second-order valence-corrected chi connectivity index (χ2v) is 6.35. The van der Waals surface area contributed by atoms with E-state index in [4.69, 9.17) is 11.6 Å². The fraction of sp³-hybridized carbons (Fsp3) is 0.467. The molecule has 1 aliphatic heterocycles. The van der Waals surface area contributed by atoms with Gasteiger partial charge in [0.1, 0.15) is 12.2 Å². The van der Waals surface area contributed by atoms with E-state index in [2.05, 4.69) is 15.2 Å². The summed E-state index contributed by atoms with van der Waals surface area (Å²) in [5, 5.41) is 19.0. The largest absolute Gasteiger partial charge is 0.388 e.